The van der Waals surface area contributed by atoms with Crippen molar-refractivity contribution in [3.8, 4) is 11.1 Å². The van der Waals surface area contributed by atoms with Crippen molar-refractivity contribution in [1.29, 1.82) is 0 Å². The Morgan fingerprint density at radius 2 is 1.39 bits per heavy atom. The number of nitrogens with one attached hydrogen (secondary N) is 1. The summed E-state index contributed by atoms with van der Waals surface area (Å²) in [5.41, 5.74) is 5.26. The minimum atomic E-state index is 0. The van der Waals surface area contributed by atoms with E-state index in [4.69, 9.17) is 0 Å². The molecule has 0 unspecified atom stereocenters. The van der Waals surface area contributed by atoms with Crippen molar-refractivity contribution in [2.24, 2.45) is 5.92 Å². The van der Waals surface area contributed by atoms with Gasteiger partial charge in [0.05, 0.1) is 0 Å². The fraction of sp³-hybridized carbons (Fsp3) is 0.333. The number of benzene rings is 3. The SMILES string of the molecule is Cl.Cl.c1ccc(CC2CCN(CCCNc3cccc(-c4ccccc4)c3)CC2)cc1. The average molecular weight is 457 g/mol. The monoisotopic (exact) mass is 456 g/mol. The lowest BCUT2D eigenvalue weighted by molar-refractivity contribution is 0.183. The predicted molar refractivity (Wildman–Crippen MR) is 139 cm³/mol. The Morgan fingerprint density at radius 3 is 2.10 bits per heavy atom. The van der Waals surface area contributed by atoms with E-state index in [0.717, 1.165) is 12.5 Å². The van der Waals surface area contributed by atoms with Crippen molar-refractivity contribution >= 4 is 30.5 Å². The molecule has 1 N–H and O–H groups in total. The van der Waals surface area contributed by atoms with Gasteiger partial charge in [0, 0.05) is 12.2 Å². The normalized spacial score (nSPS) is 14.3. The summed E-state index contributed by atoms with van der Waals surface area (Å²) < 4.78 is 0. The first-order valence-electron chi connectivity index (χ1n) is 11.0. The number of likely N-dealkylation sites (tertiary alicyclic amines) is 1. The summed E-state index contributed by atoms with van der Waals surface area (Å²) in [5.74, 6) is 0.854. The maximum atomic E-state index is 3.61. The van der Waals surface area contributed by atoms with Crippen LogP contribution < -0.4 is 5.32 Å². The standard InChI is InChI=1S/C27H32N2.2ClH/c1-3-9-23(10-4-1)21-24-15-19-29(20-16-24)18-8-17-28-27-14-7-13-26(22-27)25-11-5-2-6-12-25;;/h1-7,9-14,22,24,28H,8,15-21H2;2*1H. The summed E-state index contributed by atoms with van der Waals surface area (Å²) in [6.45, 7) is 4.73. The van der Waals surface area contributed by atoms with Crippen LogP contribution in [0, 0.1) is 5.92 Å². The topological polar surface area (TPSA) is 15.3 Å². The summed E-state index contributed by atoms with van der Waals surface area (Å²) in [4.78, 5) is 2.64. The molecule has 1 heterocycles. The lowest BCUT2D eigenvalue weighted by atomic mass is 9.90. The van der Waals surface area contributed by atoms with Gasteiger partial charge in [-0.2, -0.15) is 0 Å². The Balaban J connectivity index is 0.00000171. The average Bonchev–Trinajstić information content (AvgIpc) is 2.79. The predicted octanol–water partition coefficient (Wildman–Crippen LogP) is 6.95. The zero-order valence-electron chi connectivity index (χ0n) is 18.1. The van der Waals surface area contributed by atoms with Gasteiger partial charge in [-0.1, -0.05) is 72.8 Å². The molecule has 166 valence electrons. The van der Waals surface area contributed by atoms with Gasteiger partial charge in [-0.25, -0.2) is 0 Å². The summed E-state index contributed by atoms with van der Waals surface area (Å²) >= 11 is 0. The second-order valence-electron chi connectivity index (χ2n) is 8.20. The van der Waals surface area contributed by atoms with Crippen molar-refractivity contribution in [2.75, 3.05) is 31.5 Å². The molecule has 0 radical (unpaired) electrons. The molecule has 0 amide bonds. The molecule has 1 aliphatic heterocycles. The van der Waals surface area contributed by atoms with Gasteiger partial charge < -0.3 is 10.2 Å². The first-order valence-corrected chi connectivity index (χ1v) is 11.0. The smallest absolute Gasteiger partial charge is 0.0346 e. The first kappa shape index (κ1) is 25.3. The van der Waals surface area contributed by atoms with E-state index in [-0.39, 0.29) is 24.8 Å². The van der Waals surface area contributed by atoms with Crippen LogP contribution in [0.1, 0.15) is 24.8 Å². The van der Waals surface area contributed by atoms with Crippen molar-refractivity contribution < 1.29 is 0 Å². The summed E-state index contributed by atoms with van der Waals surface area (Å²) in [6, 6.07) is 30.3. The third-order valence-corrected chi connectivity index (χ3v) is 6.02. The number of hydrogen-bond acceptors (Lipinski definition) is 2. The van der Waals surface area contributed by atoms with Gasteiger partial charge in [0.1, 0.15) is 0 Å². The van der Waals surface area contributed by atoms with Gasteiger partial charge in [-0.3, -0.25) is 0 Å². The Labute approximate surface area is 199 Å². The van der Waals surface area contributed by atoms with Gasteiger partial charge in [0.15, 0.2) is 0 Å². The van der Waals surface area contributed by atoms with Crippen molar-refractivity contribution in [1.82, 2.24) is 4.90 Å². The lowest BCUT2D eigenvalue weighted by Crippen LogP contribution is -2.35. The molecule has 0 saturated carbocycles. The van der Waals surface area contributed by atoms with Gasteiger partial charge >= 0.3 is 0 Å². The van der Waals surface area contributed by atoms with Crippen LogP contribution in [-0.4, -0.2) is 31.1 Å². The van der Waals surface area contributed by atoms with Crippen LogP contribution in [0.4, 0.5) is 5.69 Å². The highest BCUT2D eigenvalue weighted by Crippen LogP contribution is 2.23. The van der Waals surface area contributed by atoms with E-state index in [1.807, 2.05) is 0 Å². The zero-order valence-corrected chi connectivity index (χ0v) is 19.7. The third kappa shape index (κ3) is 7.88. The van der Waals surface area contributed by atoms with E-state index in [1.54, 1.807) is 0 Å². The summed E-state index contributed by atoms with van der Waals surface area (Å²) in [5, 5.41) is 3.61. The maximum Gasteiger partial charge on any atom is 0.0346 e. The number of nitrogens with zero attached hydrogens (tertiary/aromatic N) is 1. The summed E-state index contributed by atoms with van der Waals surface area (Å²) in [6.07, 6.45) is 5.11. The largest absolute Gasteiger partial charge is 0.385 e. The quantitative estimate of drug-likeness (QED) is 0.368. The second-order valence-corrected chi connectivity index (χ2v) is 8.20. The molecule has 0 aromatic heterocycles. The van der Waals surface area contributed by atoms with E-state index in [9.17, 15) is 0 Å². The fourth-order valence-corrected chi connectivity index (χ4v) is 4.34. The van der Waals surface area contributed by atoms with E-state index in [0.29, 0.717) is 0 Å². The van der Waals surface area contributed by atoms with Gasteiger partial charge in [0.25, 0.3) is 0 Å². The van der Waals surface area contributed by atoms with Crippen LogP contribution in [0.5, 0.6) is 0 Å². The second kappa shape index (κ2) is 13.4. The first-order chi connectivity index (χ1) is 14.4. The minimum Gasteiger partial charge on any atom is -0.385 e. The number of hydrogen-bond donors (Lipinski definition) is 1. The molecular formula is C27H34Cl2N2. The molecule has 31 heavy (non-hydrogen) atoms. The fourth-order valence-electron chi connectivity index (χ4n) is 4.34. The molecule has 0 atom stereocenters. The number of rotatable bonds is 8. The number of anilines is 1. The summed E-state index contributed by atoms with van der Waals surface area (Å²) in [7, 11) is 0. The number of piperidine rings is 1. The van der Waals surface area contributed by atoms with Crippen LogP contribution in [0.3, 0.4) is 0 Å². The molecule has 1 saturated heterocycles. The highest BCUT2D eigenvalue weighted by atomic mass is 35.5. The van der Waals surface area contributed by atoms with Gasteiger partial charge in [-0.05, 0) is 80.1 Å². The molecule has 0 spiro atoms. The Hall–Kier alpha value is -2.00. The van der Waals surface area contributed by atoms with Crippen molar-refractivity contribution in [2.45, 2.75) is 25.7 Å². The Kier molecular flexibility index (Phi) is 10.9. The Morgan fingerprint density at radius 1 is 0.742 bits per heavy atom. The van der Waals surface area contributed by atoms with Crippen LogP contribution in [0.25, 0.3) is 11.1 Å². The van der Waals surface area contributed by atoms with E-state index >= 15 is 0 Å². The Bertz CT molecular complexity index is 863. The minimum absolute atomic E-state index is 0. The molecule has 4 rings (SSSR count). The highest BCUT2D eigenvalue weighted by Gasteiger charge is 2.18. The highest BCUT2D eigenvalue weighted by molar-refractivity contribution is 5.85. The molecule has 3 aromatic carbocycles. The van der Waals surface area contributed by atoms with Gasteiger partial charge in [0.2, 0.25) is 0 Å². The molecule has 0 bridgehead atoms. The van der Waals surface area contributed by atoms with Crippen LogP contribution >= 0.6 is 24.8 Å². The van der Waals surface area contributed by atoms with Crippen LogP contribution in [0.2, 0.25) is 0 Å². The van der Waals surface area contributed by atoms with E-state index in [1.165, 1.54) is 67.7 Å². The van der Waals surface area contributed by atoms with Crippen molar-refractivity contribution in [3.63, 3.8) is 0 Å². The van der Waals surface area contributed by atoms with E-state index < -0.39 is 0 Å². The molecule has 1 aliphatic rings. The molecule has 0 aliphatic carbocycles. The number of halogens is 2. The third-order valence-electron chi connectivity index (χ3n) is 6.02. The van der Waals surface area contributed by atoms with Gasteiger partial charge in [-0.15, -0.1) is 24.8 Å². The molecule has 3 aromatic rings. The molecular weight excluding hydrogens is 423 g/mol. The van der Waals surface area contributed by atoms with Crippen molar-refractivity contribution in [3.05, 3.63) is 90.5 Å². The van der Waals surface area contributed by atoms with Crippen LogP contribution in [0.15, 0.2) is 84.9 Å². The zero-order chi connectivity index (χ0) is 19.7. The maximum absolute atomic E-state index is 3.61. The van der Waals surface area contributed by atoms with E-state index in [2.05, 4.69) is 95.1 Å². The molecule has 1 fully saturated rings. The molecule has 2 nitrogen and oxygen atoms in total. The molecule has 4 heteroatoms. The lowest BCUT2D eigenvalue weighted by Gasteiger charge is -2.32. The van der Waals surface area contributed by atoms with Crippen LogP contribution in [-0.2, 0) is 6.42 Å².